The van der Waals surface area contributed by atoms with Crippen molar-refractivity contribution < 1.29 is 4.74 Å². The van der Waals surface area contributed by atoms with E-state index in [1.165, 1.54) is 0 Å². The maximum atomic E-state index is 5.23. The van der Waals surface area contributed by atoms with E-state index in [1.54, 1.807) is 18.1 Å². The first-order chi connectivity index (χ1) is 11.8. The van der Waals surface area contributed by atoms with Crippen LogP contribution in [0.3, 0.4) is 0 Å². The van der Waals surface area contributed by atoms with Crippen LogP contribution in [0.25, 0.3) is 33.4 Å². The molecule has 4 rings (SSSR count). The van der Waals surface area contributed by atoms with Gasteiger partial charge in [-0.15, -0.1) is 0 Å². The summed E-state index contributed by atoms with van der Waals surface area (Å²) < 4.78 is 7.04. The van der Waals surface area contributed by atoms with E-state index in [9.17, 15) is 0 Å². The number of hydrogen-bond donors (Lipinski definition) is 0. The summed E-state index contributed by atoms with van der Waals surface area (Å²) in [6.45, 7) is 0. The summed E-state index contributed by atoms with van der Waals surface area (Å²) in [5, 5.41) is 5.54. The topological polar surface area (TPSA) is 52.8 Å². The Bertz CT molecular complexity index is 1010. The number of fused-ring (bicyclic) bond motifs is 1. The quantitative estimate of drug-likeness (QED) is 0.580. The molecule has 0 spiro atoms. The highest BCUT2D eigenvalue weighted by Gasteiger charge is 2.16. The predicted octanol–water partition coefficient (Wildman–Crippen LogP) is 3.51. The Kier molecular flexibility index (Phi) is 3.46. The number of aryl methyl sites for hydroxylation is 1. The van der Waals surface area contributed by atoms with Crippen LogP contribution in [0.1, 0.15) is 0 Å². The molecule has 0 saturated carbocycles. The second kappa shape index (κ2) is 5.77. The normalized spacial score (nSPS) is 10.9. The minimum absolute atomic E-state index is 0.654. The molecule has 5 nitrogen and oxygen atoms in total. The molecule has 24 heavy (non-hydrogen) atoms. The monoisotopic (exact) mass is 315 g/mol. The van der Waals surface area contributed by atoms with Crippen LogP contribution in [0, 0.1) is 6.07 Å². The van der Waals surface area contributed by atoms with E-state index in [4.69, 9.17) is 4.74 Å². The van der Waals surface area contributed by atoms with Crippen LogP contribution in [-0.4, -0.2) is 26.9 Å². The number of nitrogens with zero attached hydrogens (tertiary/aromatic N) is 4. The number of rotatable bonds is 3. The lowest BCUT2D eigenvalue weighted by Gasteiger charge is -2.07. The number of ether oxygens (including phenoxy) is 1. The van der Waals surface area contributed by atoms with Crippen molar-refractivity contribution in [3.63, 3.8) is 0 Å². The summed E-state index contributed by atoms with van der Waals surface area (Å²) >= 11 is 0. The molecular formula is C19H15N4O. The summed E-state index contributed by atoms with van der Waals surface area (Å²) in [7, 11) is 3.53. The van der Waals surface area contributed by atoms with E-state index in [2.05, 4.69) is 21.1 Å². The Hall–Kier alpha value is -3.21. The van der Waals surface area contributed by atoms with Crippen molar-refractivity contribution in [1.82, 2.24) is 19.7 Å². The molecule has 0 aliphatic heterocycles. The largest absolute Gasteiger partial charge is 0.496 e. The molecule has 117 valence electrons. The summed E-state index contributed by atoms with van der Waals surface area (Å²) in [5.74, 6) is 0.654. The van der Waals surface area contributed by atoms with Crippen LogP contribution in [0.15, 0.2) is 55.0 Å². The first kappa shape index (κ1) is 14.4. The van der Waals surface area contributed by atoms with Crippen LogP contribution < -0.4 is 4.74 Å². The standard InChI is InChI=1S/C19H15N4O/c1-23-11-16(18(22-23)13-6-4-3-5-7-13)19-15-9-8-14(24-2)10-17(15)20-12-21-19/h3-7,9-12H,1-2H3. The van der Waals surface area contributed by atoms with Crippen LogP contribution in [-0.2, 0) is 7.05 Å². The van der Waals surface area contributed by atoms with Crippen LogP contribution >= 0.6 is 0 Å². The smallest absolute Gasteiger partial charge is 0.129 e. The van der Waals surface area contributed by atoms with Crippen molar-refractivity contribution >= 4 is 10.9 Å². The summed E-state index contributed by atoms with van der Waals surface area (Å²) in [5.41, 5.74) is 4.57. The van der Waals surface area contributed by atoms with E-state index in [1.807, 2.05) is 55.7 Å². The maximum Gasteiger partial charge on any atom is 0.129 e. The second-order valence-corrected chi connectivity index (χ2v) is 5.45. The summed E-state index contributed by atoms with van der Waals surface area (Å²) in [4.78, 5) is 8.85. The lowest BCUT2D eigenvalue weighted by atomic mass is 10.0. The Morgan fingerprint density at radius 2 is 1.92 bits per heavy atom. The number of benzene rings is 2. The fourth-order valence-electron chi connectivity index (χ4n) is 2.78. The van der Waals surface area contributed by atoms with Crippen molar-refractivity contribution in [2.45, 2.75) is 0 Å². The molecule has 2 heterocycles. The minimum atomic E-state index is 0.654. The lowest BCUT2D eigenvalue weighted by Crippen LogP contribution is -1.91. The van der Waals surface area contributed by atoms with Crippen LogP contribution in [0.2, 0.25) is 0 Å². The van der Waals surface area contributed by atoms with E-state index in [0.29, 0.717) is 5.75 Å². The first-order valence-corrected chi connectivity index (χ1v) is 7.56. The van der Waals surface area contributed by atoms with E-state index >= 15 is 0 Å². The van der Waals surface area contributed by atoms with Crippen LogP contribution in [0.5, 0.6) is 5.75 Å². The van der Waals surface area contributed by atoms with Gasteiger partial charge in [-0.3, -0.25) is 4.68 Å². The third kappa shape index (κ3) is 2.40. The zero-order chi connectivity index (χ0) is 16.5. The number of hydrogen-bond acceptors (Lipinski definition) is 4. The summed E-state index contributed by atoms with van der Waals surface area (Å²) in [6.07, 6.45) is 3.55. The highest BCUT2D eigenvalue weighted by molar-refractivity contribution is 5.96. The predicted molar refractivity (Wildman–Crippen MR) is 92.6 cm³/mol. The molecule has 2 aromatic heterocycles. The SMILES string of the molecule is COc1[c]cc2c(-c3cn(C)nc3-c3ccccc3)ncnc2c1. The van der Waals surface area contributed by atoms with E-state index in [-0.39, 0.29) is 0 Å². The molecule has 0 amide bonds. The molecule has 1 radical (unpaired) electrons. The molecule has 0 atom stereocenters. The van der Waals surface area contributed by atoms with E-state index < -0.39 is 0 Å². The average molecular weight is 315 g/mol. The molecular weight excluding hydrogens is 300 g/mol. The average Bonchev–Trinajstić information content (AvgIpc) is 3.03. The fourth-order valence-corrected chi connectivity index (χ4v) is 2.78. The van der Waals surface area contributed by atoms with Crippen LogP contribution in [0.4, 0.5) is 0 Å². The zero-order valence-electron chi connectivity index (χ0n) is 13.4. The summed E-state index contributed by atoms with van der Waals surface area (Å²) in [6, 6.07) is 16.9. The molecule has 0 saturated heterocycles. The van der Waals surface area contributed by atoms with Gasteiger partial charge in [-0.05, 0) is 6.07 Å². The highest BCUT2D eigenvalue weighted by atomic mass is 16.5. The van der Waals surface area contributed by atoms with Gasteiger partial charge in [0.05, 0.1) is 18.3 Å². The van der Waals surface area contributed by atoms with Gasteiger partial charge >= 0.3 is 0 Å². The molecule has 0 aliphatic carbocycles. The first-order valence-electron chi connectivity index (χ1n) is 7.56. The van der Waals surface area contributed by atoms with Crippen molar-refractivity contribution in [3.8, 4) is 28.3 Å². The molecule has 5 heteroatoms. The highest BCUT2D eigenvalue weighted by Crippen LogP contribution is 2.33. The van der Waals surface area contributed by atoms with Gasteiger partial charge in [0.15, 0.2) is 0 Å². The van der Waals surface area contributed by atoms with Crippen molar-refractivity contribution in [1.29, 1.82) is 0 Å². The van der Waals surface area contributed by atoms with Gasteiger partial charge in [0.25, 0.3) is 0 Å². The molecule has 4 aromatic rings. The Balaban J connectivity index is 1.96. The fraction of sp³-hybridized carbons (Fsp3) is 0.105. The zero-order valence-corrected chi connectivity index (χ0v) is 13.4. The molecule has 0 unspecified atom stereocenters. The van der Waals surface area contributed by atoms with E-state index in [0.717, 1.165) is 33.4 Å². The Morgan fingerprint density at radius 1 is 1.08 bits per heavy atom. The van der Waals surface area contributed by atoms with Gasteiger partial charge in [-0.2, -0.15) is 5.10 Å². The Morgan fingerprint density at radius 3 is 2.71 bits per heavy atom. The van der Waals surface area contributed by atoms with Crippen molar-refractivity contribution in [2.24, 2.45) is 7.05 Å². The Labute approximate surface area is 139 Å². The van der Waals surface area contributed by atoms with Gasteiger partial charge in [0.1, 0.15) is 17.8 Å². The number of methoxy groups -OCH3 is 1. The van der Waals surface area contributed by atoms with Gasteiger partial charge in [-0.1, -0.05) is 30.3 Å². The molecule has 0 bridgehead atoms. The van der Waals surface area contributed by atoms with Crippen molar-refractivity contribution in [3.05, 3.63) is 61.1 Å². The van der Waals surface area contributed by atoms with Gasteiger partial charge in [-0.25, -0.2) is 9.97 Å². The lowest BCUT2D eigenvalue weighted by molar-refractivity contribution is 0.414. The van der Waals surface area contributed by atoms with Gasteiger partial charge < -0.3 is 4.74 Å². The molecule has 0 aliphatic rings. The molecule has 2 aromatic carbocycles. The third-order valence-electron chi connectivity index (χ3n) is 3.89. The van der Waals surface area contributed by atoms with Crippen molar-refractivity contribution in [2.75, 3.05) is 7.11 Å². The second-order valence-electron chi connectivity index (χ2n) is 5.45. The third-order valence-corrected chi connectivity index (χ3v) is 3.89. The number of aromatic nitrogens is 4. The molecule has 0 N–H and O–H groups in total. The minimum Gasteiger partial charge on any atom is -0.496 e. The molecule has 0 fully saturated rings. The maximum absolute atomic E-state index is 5.23. The van der Waals surface area contributed by atoms with Gasteiger partial charge in [0.2, 0.25) is 0 Å². The van der Waals surface area contributed by atoms with Gasteiger partial charge in [0, 0.05) is 41.9 Å².